The van der Waals surface area contributed by atoms with Crippen molar-refractivity contribution in [2.24, 2.45) is 0 Å². The van der Waals surface area contributed by atoms with Gasteiger partial charge in [0.2, 0.25) is 0 Å². The average molecular weight is 247 g/mol. The first-order chi connectivity index (χ1) is 8.79. The number of nitrogens with one attached hydrogen (secondary N) is 1. The Kier molecular flexibility index (Phi) is 4.47. The molecule has 96 valence electrons. The quantitative estimate of drug-likeness (QED) is 0.795. The first-order valence-electron chi connectivity index (χ1n) is 6.26. The molecule has 2 aromatic rings. The summed E-state index contributed by atoms with van der Waals surface area (Å²) >= 11 is 0. The molecule has 0 saturated carbocycles. The molecule has 0 amide bonds. The molecule has 1 aromatic carbocycles. The molecule has 0 aliphatic carbocycles. The monoisotopic (exact) mass is 247 g/mol. The van der Waals surface area contributed by atoms with Gasteiger partial charge in [-0.3, -0.25) is 4.68 Å². The Morgan fingerprint density at radius 2 is 2.11 bits per heavy atom. The second-order valence-corrected chi connectivity index (χ2v) is 4.27. The van der Waals surface area contributed by atoms with E-state index in [1.54, 1.807) is 16.8 Å². The van der Waals surface area contributed by atoms with Crippen LogP contribution in [0.1, 0.15) is 24.6 Å². The highest BCUT2D eigenvalue weighted by molar-refractivity contribution is 5.17. The van der Waals surface area contributed by atoms with Crippen LogP contribution in [0.25, 0.3) is 0 Å². The average Bonchev–Trinajstić information content (AvgIpc) is 2.80. The number of benzene rings is 1. The minimum absolute atomic E-state index is 0.182. The number of hydrogen-bond donors (Lipinski definition) is 1. The zero-order chi connectivity index (χ0) is 12.8. The second-order valence-electron chi connectivity index (χ2n) is 4.27. The van der Waals surface area contributed by atoms with Crippen LogP contribution in [0.5, 0.6) is 0 Å². The first-order valence-corrected chi connectivity index (χ1v) is 6.26. The van der Waals surface area contributed by atoms with E-state index in [9.17, 15) is 4.39 Å². The normalized spacial score (nSPS) is 10.8. The van der Waals surface area contributed by atoms with E-state index in [0.29, 0.717) is 12.1 Å². The fourth-order valence-electron chi connectivity index (χ4n) is 1.78. The Morgan fingerprint density at radius 3 is 2.89 bits per heavy atom. The van der Waals surface area contributed by atoms with Gasteiger partial charge in [0.05, 0.1) is 12.2 Å². The highest BCUT2D eigenvalue weighted by Crippen LogP contribution is 2.08. The van der Waals surface area contributed by atoms with Gasteiger partial charge in [-0.1, -0.05) is 25.1 Å². The fourth-order valence-corrected chi connectivity index (χ4v) is 1.78. The molecule has 0 fully saturated rings. The maximum absolute atomic E-state index is 13.5. The Labute approximate surface area is 107 Å². The van der Waals surface area contributed by atoms with Gasteiger partial charge in [0, 0.05) is 18.3 Å². The van der Waals surface area contributed by atoms with Crippen molar-refractivity contribution in [3.8, 4) is 0 Å². The van der Waals surface area contributed by atoms with E-state index in [1.807, 2.05) is 18.3 Å². The lowest BCUT2D eigenvalue weighted by Gasteiger charge is -2.03. The Morgan fingerprint density at radius 1 is 1.28 bits per heavy atom. The maximum atomic E-state index is 13.5. The molecule has 0 spiro atoms. The van der Waals surface area contributed by atoms with E-state index in [4.69, 9.17) is 0 Å². The van der Waals surface area contributed by atoms with Crippen LogP contribution in [-0.2, 0) is 13.1 Å². The van der Waals surface area contributed by atoms with Gasteiger partial charge in [-0.15, -0.1) is 0 Å². The Hall–Kier alpha value is -1.68. The summed E-state index contributed by atoms with van der Waals surface area (Å²) in [5.41, 5.74) is 1.65. The van der Waals surface area contributed by atoms with Crippen LogP contribution in [-0.4, -0.2) is 16.3 Å². The van der Waals surface area contributed by atoms with Crippen LogP contribution >= 0.6 is 0 Å². The predicted octanol–water partition coefficient (Wildman–Crippen LogP) is 2.57. The van der Waals surface area contributed by atoms with Gasteiger partial charge in [-0.05, 0) is 25.1 Å². The van der Waals surface area contributed by atoms with Crippen molar-refractivity contribution in [1.82, 2.24) is 15.1 Å². The van der Waals surface area contributed by atoms with Gasteiger partial charge in [0.25, 0.3) is 0 Å². The molecular formula is C14H18FN3. The number of nitrogens with zero attached hydrogens (tertiary/aromatic N) is 2. The SMILES string of the molecule is CCCNCc1ccn(Cc2ccccc2F)n1. The van der Waals surface area contributed by atoms with E-state index in [1.165, 1.54) is 6.07 Å². The zero-order valence-corrected chi connectivity index (χ0v) is 10.6. The van der Waals surface area contributed by atoms with Gasteiger partial charge in [0.1, 0.15) is 5.82 Å². The zero-order valence-electron chi connectivity index (χ0n) is 10.6. The maximum Gasteiger partial charge on any atom is 0.128 e. The van der Waals surface area contributed by atoms with E-state index >= 15 is 0 Å². The minimum Gasteiger partial charge on any atom is -0.311 e. The van der Waals surface area contributed by atoms with Crippen LogP contribution in [0.3, 0.4) is 0 Å². The molecule has 1 heterocycles. The molecule has 0 aliphatic heterocycles. The van der Waals surface area contributed by atoms with Gasteiger partial charge in [-0.2, -0.15) is 5.10 Å². The molecule has 0 atom stereocenters. The van der Waals surface area contributed by atoms with E-state index in [2.05, 4.69) is 17.3 Å². The highest BCUT2D eigenvalue weighted by atomic mass is 19.1. The van der Waals surface area contributed by atoms with Gasteiger partial charge in [-0.25, -0.2) is 4.39 Å². The molecule has 4 heteroatoms. The first kappa shape index (κ1) is 12.8. The Balaban J connectivity index is 1.96. The van der Waals surface area contributed by atoms with E-state index in [0.717, 1.165) is 25.2 Å². The summed E-state index contributed by atoms with van der Waals surface area (Å²) in [4.78, 5) is 0. The summed E-state index contributed by atoms with van der Waals surface area (Å²) in [5.74, 6) is -0.182. The number of halogens is 1. The fraction of sp³-hybridized carbons (Fsp3) is 0.357. The van der Waals surface area contributed by atoms with Crippen LogP contribution in [0.4, 0.5) is 4.39 Å². The van der Waals surface area contributed by atoms with E-state index in [-0.39, 0.29) is 5.82 Å². The van der Waals surface area contributed by atoms with Crippen LogP contribution < -0.4 is 5.32 Å². The molecule has 3 nitrogen and oxygen atoms in total. The highest BCUT2D eigenvalue weighted by Gasteiger charge is 2.03. The molecule has 18 heavy (non-hydrogen) atoms. The molecule has 0 aliphatic rings. The van der Waals surface area contributed by atoms with Crippen molar-refractivity contribution in [2.45, 2.75) is 26.4 Å². The van der Waals surface area contributed by atoms with Gasteiger partial charge >= 0.3 is 0 Å². The van der Waals surface area contributed by atoms with E-state index < -0.39 is 0 Å². The largest absolute Gasteiger partial charge is 0.311 e. The van der Waals surface area contributed by atoms with Crippen LogP contribution in [0, 0.1) is 5.82 Å². The molecule has 0 radical (unpaired) electrons. The van der Waals surface area contributed by atoms with Crippen molar-refractivity contribution in [2.75, 3.05) is 6.54 Å². The lowest BCUT2D eigenvalue weighted by molar-refractivity contribution is 0.578. The summed E-state index contributed by atoms with van der Waals surface area (Å²) in [5, 5.41) is 7.70. The Bertz CT molecular complexity index is 493. The lowest BCUT2D eigenvalue weighted by atomic mass is 10.2. The summed E-state index contributed by atoms with van der Waals surface area (Å²) < 4.78 is 15.2. The second kappa shape index (κ2) is 6.31. The van der Waals surface area contributed by atoms with Crippen LogP contribution in [0.2, 0.25) is 0 Å². The smallest absolute Gasteiger partial charge is 0.128 e. The number of hydrogen-bond acceptors (Lipinski definition) is 2. The van der Waals surface area contributed by atoms with Crippen molar-refractivity contribution >= 4 is 0 Å². The van der Waals surface area contributed by atoms with Crippen molar-refractivity contribution < 1.29 is 4.39 Å². The molecule has 2 rings (SSSR count). The molecule has 1 aromatic heterocycles. The summed E-state index contributed by atoms with van der Waals surface area (Å²) in [6, 6.07) is 8.76. The van der Waals surface area contributed by atoms with Gasteiger partial charge in [0.15, 0.2) is 0 Å². The third kappa shape index (κ3) is 3.40. The van der Waals surface area contributed by atoms with Gasteiger partial charge < -0.3 is 5.32 Å². The number of aromatic nitrogens is 2. The third-order valence-electron chi connectivity index (χ3n) is 2.72. The minimum atomic E-state index is -0.182. The third-order valence-corrected chi connectivity index (χ3v) is 2.72. The molecular weight excluding hydrogens is 229 g/mol. The molecule has 0 unspecified atom stereocenters. The van der Waals surface area contributed by atoms with Crippen molar-refractivity contribution in [3.63, 3.8) is 0 Å². The number of rotatable bonds is 6. The molecule has 0 saturated heterocycles. The summed E-state index contributed by atoms with van der Waals surface area (Å²) in [7, 11) is 0. The standard InChI is InChI=1S/C14H18FN3/c1-2-8-16-10-13-7-9-18(17-13)11-12-5-3-4-6-14(12)15/h3-7,9,16H,2,8,10-11H2,1H3. The topological polar surface area (TPSA) is 29.9 Å². The molecule has 0 bridgehead atoms. The predicted molar refractivity (Wildman–Crippen MR) is 69.7 cm³/mol. The lowest BCUT2D eigenvalue weighted by Crippen LogP contribution is -2.14. The van der Waals surface area contributed by atoms with Crippen molar-refractivity contribution in [3.05, 3.63) is 53.6 Å². The molecule has 1 N–H and O–H groups in total. The van der Waals surface area contributed by atoms with Crippen molar-refractivity contribution in [1.29, 1.82) is 0 Å². The summed E-state index contributed by atoms with van der Waals surface area (Å²) in [6.45, 7) is 4.35. The summed E-state index contributed by atoms with van der Waals surface area (Å²) in [6.07, 6.45) is 2.99. The van der Waals surface area contributed by atoms with Crippen LogP contribution in [0.15, 0.2) is 36.5 Å².